The summed E-state index contributed by atoms with van der Waals surface area (Å²) in [5.41, 5.74) is 0. The van der Waals surface area contributed by atoms with E-state index in [0.29, 0.717) is 29.6 Å². The maximum Gasteiger partial charge on any atom is 0.415 e. The molecule has 1 N–H and O–H groups in total. The summed E-state index contributed by atoms with van der Waals surface area (Å²) in [7, 11) is 1.51. The Kier molecular flexibility index (Phi) is 4.28. The molecular weight excluding hydrogens is 256 g/mol. The molecule has 0 aromatic heterocycles. The average Bonchev–Trinajstić information content (AvgIpc) is 2.41. The molecule has 1 aromatic carbocycles. The minimum atomic E-state index is -0.364. The van der Waals surface area contributed by atoms with E-state index in [9.17, 15) is 4.79 Å². The van der Waals surface area contributed by atoms with Gasteiger partial charge in [0.1, 0.15) is 0 Å². The second-order valence-electron chi connectivity index (χ2n) is 3.90. The van der Waals surface area contributed by atoms with E-state index in [2.05, 4.69) is 5.32 Å². The first kappa shape index (κ1) is 13.0. The van der Waals surface area contributed by atoms with Crippen LogP contribution < -0.4 is 14.8 Å². The summed E-state index contributed by atoms with van der Waals surface area (Å²) in [5, 5.41) is 3.71. The first-order valence-electron chi connectivity index (χ1n) is 5.71. The number of carbonyl (C=O) groups is 1. The lowest BCUT2D eigenvalue weighted by Crippen LogP contribution is -2.47. The minimum absolute atomic E-state index is 0.364. The summed E-state index contributed by atoms with van der Waals surface area (Å²) < 4.78 is 10.4. The number of nitrogens with zero attached hydrogens (tertiary/aromatic N) is 1. The van der Waals surface area contributed by atoms with E-state index in [1.165, 1.54) is 7.11 Å². The third-order valence-electron chi connectivity index (χ3n) is 2.70. The number of hydrogen-bond donors (Lipinski definition) is 1. The summed E-state index contributed by atoms with van der Waals surface area (Å²) in [6.07, 6.45) is -0.364. The molecule has 0 radical (unpaired) electrons. The highest BCUT2D eigenvalue weighted by Gasteiger charge is 2.19. The zero-order valence-corrected chi connectivity index (χ0v) is 10.9. The molecule has 1 saturated heterocycles. The molecule has 0 atom stereocenters. The van der Waals surface area contributed by atoms with Gasteiger partial charge in [-0.3, -0.25) is 0 Å². The van der Waals surface area contributed by atoms with Gasteiger partial charge in [0.05, 0.1) is 7.11 Å². The number of carbonyl (C=O) groups excluding carboxylic acids is 1. The molecule has 6 heteroatoms. The lowest BCUT2D eigenvalue weighted by atomic mass is 10.3. The SMILES string of the molecule is COc1cc(Cl)ccc1OC(=O)N1CCNCC1. The van der Waals surface area contributed by atoms with Crippen molar-refractivity contribution in [1.29, 1.82) is 0 Å². The molecule has 2 rings (SSSR count). The first-order chi connectivity index (χ1) is 8.70. The van der Waals surface area contributed by atoms with Crippen LogP contribution in [0.15, 0.2) is 18.2 Å². The number of nitrogens with one attached hydrogen (secondary N) is 1. The van der Waals surface area contributed by atoms with E-state index >= 15 is 0 Å². The molecule has 98 valence electrons. The Morgan fingerprint density at radius 2 is 2.06 bits per heavy atom. The zero-order valence-electron chi connectivity index (χ0n) is 10.1. The van der Waals surface area contributed by atoms with Crippen LogP contribution in [0.2, 0.25) is 5.02 Å². The van der Waals surface area contributed by atoms with Crippen molar-refractivity contribution in [1.82, 2.24) is 10.2 Å². The number of ether oxygens (including phenoxy) is 2. The van der Waals surface area contributed by atoms with Crippen LogP contribution in [0.4, 0.5) is 4.79 Å². The van der Waals surface area contributed by atoms with E-state index in [-0.39, 0.29) is 6.09 Å². The van der Waals surface area contributed by atoms with Crippen molar-refractivity contribution in [2.75, 3.05) is 33.3 Å². The predicted octanol–water partition coefficient (Wildman–Crippen LogP) is 1.75. The van der Waals surface area contributed by atoms with Crippen LogP contribution in [-0.4, -0.2) is 44.3 Å². The fourth-order valence-electron chi connectivity index (χ4n) is 1.73. The van der Waals surface area contributed by atoms with Crippen LogP contribution in [0.25, 0.3) is 0 Å². The second-order valence-corrected chi connectivity index (χ2v) is 4.34. The van der Waals surface area contributed by atoms with E-state index in [1.54, 1.807) is 23.1 Å². The van der Waals surface area contributed by atoms with Gasteiger partial charge in [-0.1, -0.05) is 11.6 Å². The molecule has 1 fully saturated rings. The molecule has 0 saturated carbocycles. The average molecular weight is 271 g/mol. The first-order valence-corrected chi connectivity index (χ1v) is 6.09. The van der Waals surface area contributed by atoms with E-state index in [4.69, 9.17) is 21.1 Å². The Bertz CT molecular complexity index is 433. The maximum absolute atomic E-state index is 11.9. The van der Waals surface area contributed by atoms with Gasteiger partial charge in [0.25, 0.3) is 0 Å². The number of piperazine rings is 1. The highest BCUT2D eigenvalue weighted by Crippen LogP contribution is 2.30. The van der Waals surface area contributed by atoms with Gasteiger partial charge < -0.3 is 19.7 Å². The van der Waals surface area contributed by atoms with Crippen LogP contribution in [0, 0.1) is 0 Å². The zero-order chi connectivity index (χ0) is 13.0. The molecule has 0 unspecified atom stereocenters. The molecule has 1 heterocycles. The highest BCUT2D eigenvalue weighted by molar-refractivity contribution is 6.30. The van der Waals surface area contributed by atoms with Crippen molar-refractivity contribution in [3.8, 4) is 11.5 Å². The third kappa shape index (κ3) is 3.05. The van der Waals surface area contributed by atoms with Crippen molar-refractivity contribution in [2.45, 2.75) is 0 Å². The number of methoxy groups -OCH3 is 1. The number of amides is 1. The van der Waals surface area contributed by atoms with Crippen LogP contribution in [0.5, 0.6) is 11.5 Å². The minimum Gasteiger partial charge on any atom is -0.493 e. The maximum atomic E-state index is 11.9. The van der Waals surface area contributed by atoms with Gasteiger partial charge >= 0.3 is 6.09 Å². The largest absolute Gasteiger partial charge is 0.493 e. The topological polar surface area (TPSA) is 50.8 Å². The van der Waals surface area contributed by atoms with Gasteiger partial charge in [-0.05, 0) is 12.1 Å². The van der Waals surface area contributed by atoms with Crippen LogP contribution in [0.3, 0.4) is 0 Å². The highest BCUT2D eigenvalue weighted by atomic mass is 35.5. The predicted molar refractivity (Wildman–Crippen MR) is 68.5 cm³/mol. The van der Waals surface area contributed by atoms with E-state index in [0.717, 1.165) is 13.1 Å². The third-order valence-corrected chi connectivity index (χ3v) is 2.93. The normalized spacial score (nSPS) is 15.3. The van der Waals surface area contributed by atoms with Gasteiger partial charge in [0.15, 0.2) is 11.5 Å². The molecule has 0 spiro atoms. The van der Waals surface area contributed by atoms with Crippen molar-refractivity contribution in [3.63, 3.8) is 0 Å². The lowest BCUT2D eigenvalue weighted by molar-refractivity contribution is 0.144. The summed E-state index contributed by atoms with van der Waals surface area (Å²) in [5.74, 6) is 0.830. The van der Waals surface area contributed by atoms with Gasteiger partial charge in [-0.2, -0.15) is 0 Å². The second kappa shape index (κ2) is 5.93. The van der Waals surface area contributed by atoms with Crippen molar-refractivity contribution in [2.24, 2.45) is 0 Å². The molecule has 5 nitrogen and oxygen atoms in total. The lowest BCUT2D eigenvalue weighted by Gasteiger charge is -2.26. The Labute approximate surface area is 111 Å². The Morgan fingerprint density at radius 1 is 1.33 bits per heavy atom. The summed E-state index contributed by atoms with van der Waals surface area (Å²) >= 11 is 5.84. The molecule has 1 aliphatic rings. The molecule has 18 heavy (non-hydrogen) atoms. The number of benzene rings is 1. The summed E-state index contributed by atoms with van der Waals surface area (Å²) in [4.78, 5) is 13.6. The molecule has 1 aromatic rings. The quantitative estimate of drug-likeness (QED) is 0.890. The Balaban J connectivity index is 2.06. The van der Waals surface area contributed by atoms with Gasteiger partial charge in [-0.15, -0.1) is 0 Å². The Hall–Kier alpha value is -1.46. The van der Waals surface area contributed by atoms with Crippen molar-refractivity contribution in [3.05, 3.63) is 23.2 Å². The summed E-state index contributed by atoms with van der Waals surface area (Å²) in [6.45, 7) is 2.86. The molecule has 1 aliphatic heterocycles. The van der Waals surface area contributed by atoms with Crippen LogP contribution >= 0.6 is 11.6 Å². The monoisotopic (exact) mass is 270 g/mol. The van der Waals surface area contributed by atoms with Crippen LogP contribution in [-0.2, 0) is 0 Å². The summed E-state index contributed by atoms with van der Waals surface area (Å²) in [6, 6.07) is 4.90. The van der Waals surface area contributed by atoms with Crippen molar-refractivity contribution < 1.29 is 14.3 Å². The Morgan fingerprint density at radius 3 is 2.72 bits per heavy atom. The van der Waals surface area contributed by atoms with Gasteiger partial charge in [0.2, 0.25) is 0 Å². The number of rotatable bonds is 2. The fraction of sp³-hybridized carbons (Fsp3) is 0.417. The molecule has 0 aliphatic carbocycles. The van der Waals surface area contributed by atoms with Gasteiger partial charge in [-0.25, -0.2) is 4.79 Å². The van der Waals surface area contributed by atoms with Gasteiger partial charge in [0, 0.05) is 37.3 Å². The number of hydrogen-bond acceptors (Lipinski definition) is 4. The van der Waals surface area contributed by atoms with E-state index in [1.807, 2.05) is 0 Å². The van der Waals surface area contributed by atoms with E-state index < -0.39 is 0 Å². The molecule has 0 bridgehead atoms. The smallest absolute Gasteiger partial charge is 0.415 e. The van der Waals surface area contributed by atoms with Crippen molar-refractivity contribution >= 4 is 17.7 Å². The fourth-order valence-corrected chi connectivity index (χ4v) is 1.89. The molecular formula is C12H15ClN2O3. The molecule has 1 amide bonds. The standard InChI is InChI=1S/C12H15ClN2O3/c1-17-11-8-9(13)2-3-10(11)18-12(16)15-6-4-14-5-7-15/h2-3,8,14H,4-7H2,1H3. The van der Waals surface area contributed by atoms with Crippen LogP contribution in [0.1, 0.15) is 0 Å². The number of halogens is 1.